The van der Waals surface area contributed by atoms with Gasteiger partial charge in [-0.15, -0.1) is 0 Å². The zero-order valence-electron chi connectivity index (χ0n) is 15.4. The molecule has 0 spiro atoms. The van der Waals surface area contributed by atoms with E-state index in [1.165, 1.54) is 11.8 Å². The third-order valence-corrected chi connectivity index (χ3v) is 5.62. The number of amides is 2. The largest absolute Gasteiger partial charge is 0.349 e. The van der Waals surface area contributed by atoms with Gasteiger partial charge in [0, 0.05) is 33.4 Å². The van der Waals surface area contributed by atoms with Gasteiger partial charge < -0.3 is 10.6 Å². The van der Waals surface area contributed by atoms with Crippen LogP contribution in [0.1, 0.15) is 33.6 Å². The average molecular weight is 424 g/mol. The Hall–Kier alpha value is -2.83. The van der Waals surface area contributed by atoms with E-state index in [0.29, 0.717) is 26.9 Å². The smallest absolute Gasteiger partial charge is 0.258 e. The lowest BCUT2D eigenvalue weighted by Crippen LogP contribution is -2.25. The van der Waals surface area contributed by atoms with Gasteiger partial charge in [0.15, 0.2) is 0 Å². The Morgan fingerprint density at radius 3 is 2.55 bits per heavy atom. The van der Waals surface area contributed by atoms with Crippen LogP contribution in [0, 0.1) is 0 Å². The number of nitrogens with zero attached hydrogens (tertiary/aromatic N) is 1. The Morgan fingerprint density at radius 2 is 1.79 bits per heavy atom. The monoisotopic (exact) mass is 423 g/mol. The van der Waals surface area contributed by atoms with E-state index >= 15 is 0 Å². The molecular formula is C22H18ClN3O2S. The van der Waals surface area contributed by atoms with Crippen molar-refractivity contribution in [3.05, 3.63) is 83.0 Å². The molecule has 3 aromatic rings. The molecule has 0 saturated heterocycles. The Labute approximate surface area is 177 Å². The minimum Gasteiger partial charge on any atom is -0.349 e. The molecule has 1 aliphatic carbocycles. The number of pyridine rings is 1. The highest BCUT2D eigenvalue weighted by molar-refractivity contribution is 7.99. The summed E-state index contributed by atoms with van der Waals surface area (Å²) < 4.78 is 0. The summed E-state index contributed by atoms with van der Waals surface area (Å²) in [7, 11) is 0. The molecule has 0 atom stereocenters. The predicted octanol–water partition coefficient (Wildman–Crippen LogP) is 5.03. The van der Waals surface area contributed by atoms with E-state index in [4.69, 9.17) is 11.6 Å². The second-order valence-corrected chi connectivity index (χ2v) is 8.19. The predicted molar refractivity (Wildman–Crippen MR) is 115 cm³/mol. The van der Waals surface area contributed by atoms with Gasteiger partial charge >= 0.3 is 0 Å². The lowest BCUT2D eigenvalue weighted by atomic mass is 10.1. The molecule has 2 N–H and O–H groups in total. The van der Waals surface area contributed by atoms with Crippen LogP contribution in [0.3, 0.4) is 0 Å². The molecule has 1 aliphatic rings. The second-order valence-electron chi connectivity index (χ2n) is 6.69. The molecule has 29 heavy (non-hydrogen) atoms. The van der Waals surface area contributed by atoms with Crippen molar-refractivity contribution in [2.75, 3.05) is 5.32 Å². The summed E-state index contributed by atoms with van der Waals surface area (Å²) >= 11 is 7.32. The normalized spacial score (nSPS) is 13.0. The van der Waals surface area contributed by atoms with Crippen molar-refractivity contribution < 1.29 is 9.59 Å². The Kier molecular flexibility index (Phi) is 5.83. The molecule has 2 amide bonds. The van der Waals surface area contributed by atoms with Crippen LogP contribution in [0.2, 0.25) is 5.02 Å². The van der Waals surface area contributed by atoms with Gasteiger partial charge in [-0.2, -0.15) is 0 Å². The van der Waals surface area contributed by atoms with Gasteiger partial charge in [0.25, 0.3) is 11.8 Å². The van der Waals surface area contributed by atoms with Gasteiger partial charge in [0.1, 0.15) is 5.03 Å². The number of carbonyl (C=O) groups is 2. The van der Waals surface area contributed by atoms with Crippen LogP contribution in [0.4, 0.5) is 5.69 Å². The standard InChI is InChI=1S/C22H18ClN3O2S/c23-15-6-10-18(11-7-15)29-22-19(5-2-12-24-22)21(28)26-17-4-1-3-14(13-17)20(27)25-16-8-9-16/h1-7,10-13,16H,8-9H2,(H,25,27)(H,26,28). The number of rotatable bonds is 6. The molecule has 1 fully saturated rings. The van der Waals surface area contributed by atoms with E-state index < -0.39 is 0 Å². The average Bonchev–Trinajstić information content (AvgIpc) is 3.54. The highest BCUT2D eigenvalue weighted by Gasteiger charge is 2.24. The maximum Gasteiger partial charge on any atom is 0.258 e. The van der Waals surface area contributed by atoms with Crippen LogP contribution in [0.25, 0.3) is 0 Å². The van der Waals surface area contributed by atoms with E-state index in [9.17, 15) is 9.59 Å². The number of carbonyl (C=O) groups excluding carboxylic acids is 2. The molecule has 0 aliphatic heterocycles. The lowest BCUT2D eigenvalue weighted by molar-refractivity contribution is 0.0949. The molecule has 1 aromatic heterocycles. The molecule has 0 radical (unpaired) electrons. The highest BCUT2D eigenvalue weighted by Crippen LogP contribution is 2.30. The van der Waals surface area contributed by atoms with Crippen molar-refractivity contribution in [1.29, 1.82) is 0 Å². The van der Waals surface area contributed by atoms with Gasteiger partial charge in [0.2, 0.25) is 0 Å². The van der Waals surface area contributed by atoms with Crippen LogP contribution < -0.4 is 10.6 Å². The van der Waals surface area contributed by atoms with E-state index in [-0.39, 0.29) is 17.9 Å². The summed E-state index contributed by atoms with van der Waals surface area (Å²) in [5.41, 5.74) is 1.54. The van der Waals surface area contributed by atoms with Gasteiger partial charge in [-0.3, -0.25) is 9.59 Å². The topological polar surface area (TPSA) is 71.1 Å². The highest BCUT2D eigenvalue weighted by atomic mass is 35.5. The number of aromatic nitrogens is 1. The van der Waals surface area contributed by atoms with E-state index in [1.807, 2.05) is 12.1 Å². The Balaban J connectivity index is 1.50. The molecule has 1 saturated carbocycles. The summed E-state index contributed by atoms with van der Waals surface area (Å²) in [5.74, 6) is -0.404. The first kappa shape index (κ1) is 19.5. The molecule has 0 unspecified atom stereocenters. The fourth-order valence-electron chi connectivity index (χ4n) is 2.69. The SMILES string of the molecule is O=C(NC1CC1)c1cccc(NC(=O)c2cccnc2Sc2ccc(Cl)cc2)c1. The quantitative estimate of drug-likeness (QED) is 0.583. The molecular weight excluding hydrogens is 406 g/mol. The number of hydrogen-bond donors (Lipinski definition) is 2. The third-order valence-electron chi connectivity index (χ3n) is 4.34. The molecule has 2 aromatic carbocycles. The summed E-state index contributed by atoms with van der Waals surface area (Å²) in [6, 6.07) is 18.0. The number of hydrogen-bond acceptors (Lipinski definition) is 4. The minimum atomic E-state index is -0.283. The molecule has 7 heteroatoms. The second kappa shape index (κ2) is 8.68. The molecule has 0 bridgehead atoms. The first-order valence-electron chi connectivity index (χ1n) is 9.19. The minimum absolute atomic E-state index is 0.121. The van der Waals surface area contributed by atoms with Gasteiger partial charge in [-0.05, 0) is 67.4 Å². The first-order valence-corrected chi connectivity index (χ1v) is 10.4. The van der Waals surface area contributed by atoms with E-state index in [0.717, 1.165) is 17.7 Å². The number of halogens is 1. The van der Waals surface area contributed by atoms with E-state index in [2.05, 4.69) is 15.6 Å². The third kappa shape index (κ3) is 5.16. The van der Waals surface area contributed by atoms with Crippen LogP contribution >= 0.6 is 23.4 Å². The summed E-state index contributed by atoms with van der Waals surface area (Å²) in [4.78, 5) is 30.4. The van der Waals surface area contributed by atoms with Gasteiger partial charge in [0.05, 0.1) is 5.56 Å². The zero-order valence-corrected chi connectivity index (χ0v) is 17.0. The van der Waals surface area contributed by atoms with Crippen molar-refractivity contribution in [2.45, 2.75) is 28.8 Å². The number of benzene rings is 2. The van der Waals surface area contributed by atoms with Crippen molar-refractivity contribution in [3.63, 3.8) is 0 Å². The van der Waals surface area contributed by atoms with Crippen LogP contribution in [-0.4, -0.2) is 22.8 Å². The fourth-order valence-corrected chi connectivity index (χ4v) is 3.70. The zero-order chi connectivity index (χ0) is 20.2. The summed E-state index contributed by atoms with van der Waals surface area (Å²) in [6.07, 6.45) is 3.70. The van der Waals surface area contributed by atoms with Crippen molar-refractivity contribution in [2.24, 2.45) is 0 Å². The Morgan fingerprint density at radius 1 is 1.00 bits per heavy atom. The lowest BCUT2D eigenvalue weighted by Gasteiger charge is -2.10. The van der Waals surface area contributed by atoms with Gasteiger partial charge in [-0.25, -0.2) is 4.98 Å². The molecule has 5 nitrogen and oxygen atoms in total. The van der Waals surface area contributed by atoms with Crippen molar-refractivity contribution >= 4 is 40.9 Å². The number of anilines is 1. The molecule has 4 rings (SSSR count). The molecule has 146 valence electrons. The maximum atomic E-state index is 12.9. The van der Waals surface area contributed by atoms with Crippen LogP contribution in [0.5, 0.6) is 0 Å². The number of nitrogens with one attached hydrogen (secondary N) is 2. The van der Waals surface area contributed by atoms with Gasteiger partial charge in [-0.1, -0.05) is 29.4 Å². The summed E-state index contributed by atoms with van der Waals surface area (Å²) in [5, 5.41) is 7.06. The van der Waals surface area contributed by atoms with Crippen molar-refractivity contribution in [3.8, 4) is 0 Å². The summed E-state index contributed by atoms with van der Waals surface area (Å²) in [6.45, 7) is 0. The molecule has 1 heterocycles. The van der Waals surface area contributed by atoms with Crippen LogP contribution in [0.15, 0.2) is 76.8 Å². The van der Waals surface area contributed by atoms with Crippen molar-refractivity contribution in [1.82, 2.24) is 10.3 Å². The fraction of sp³-hybridized carbons (Fsp3) is 0.136. The van der Waals surface area contributed by atoms with E-state index in [1.54, 1.807) is 54.7 Å². The maximum absolute atomic E-state index is 12.9. The van der Waals surface area contributed by atoms with Crippen LogP contribution in [-0.2, 0) is 0 Å². The first-order chi connectivity index (χ1) is 14.1. The Bertz CT molecular complexity index is 1050.